The van der Waals surface area contributed by atoms with Crippen LogP contribution in [0.5, 0.6) is 17.2 Å². The summed E-state index contributed by atoms with van der Waals surface area (Å²) in [5, 5.41) is 4.54. The van der Waals surface area contributed by atoms with Crippen LogP contribution in [0.25, 0.3) is 0 Å². The second-order valence-electron chi connectivity index (χ2n) is 14.6. The molecule has 0 aliphatic heterocycles. The van der Waals surface area contributed by atoms with Crippen LogP contribution in [0.2, 0.25) is 0 Å². The zero-order valence-corrected chi connectivity index (χ0v) is 35.7. The zero-order valence-electron chi connectivity index (χ0n) is 34.8. The van der Waals surface area contributed by atoms with Crippen LogP contribution < -0.4 is 19.0 Å². The summed E-state index contributed by atoms with van der Waals surface area (Å²) in [6.07, 6.45) is 20.3. The van der Waals surface area contributed by atoms with Crippen molar-refractivity contribution in [2.75, 3.05) is 26.9 Å². The number of ether oxygens (including phenoxy) is 4. The molecule has 56 heavy (non-hydrogen) atoms. The van der Waals surface area contributed by atoms with Crippen LogP contribution in [0.4, 0.5) is 0 Å². The van der Waals surface area contributed by atoms with Gasteiger partial charge in [-0.15, -0.1) is 0 Å². The third-order valence-electron chi connectivity index (χ3n) is 9.74. The second kappa shape index (κ2) is 26.7. The molecule has 0 unspecified atom stereocenters. The number of nitrogens with zero attached hydrogens (tertiary/aromatic N) is 1. The van der Waals surface area contributed by atoms with Crippen LogP contribution in [0.3, 0.4) is 0 Å². The van der Waals surface area contributed by atoms with Crippen molar-refractivity contribution in [3.05, 3.63) is 82.9 Å². The van der Waals surface area contributed by atoms with Crippen LogP contribution in [-0.2, 0) is 14.8 Å². The molecular formula is C46H68N2O7S. The van der Waals surface area contributed by atoms with Gasteiger partial charge in [-0.2, -0.15) is 18.4 Å². The SMILES string of the molecule is CCCCCCCCOc1cc(C(=NNS(=O)(=O)c2ccc(C)cc2)c2ccc(C(=O)OC)cc2)cc(OCCCCCCCC)c1OCCCCCCCC. The molecule has 310 valence electrons. The van der Waals surface area contributed by atoms with Crippen molar-refractivity contribution < 1.29 is 32.2 Å². The van der Waals surface area contributed by atoms with E-state index >= 15 is 0 Å². The van der Waals surface area contributed by atoms with E-state index in [1.807, 2.05) is 19.1 Å². The lowest BCUT2D eigenvalue weighted by molar-refractivity contribution is 0.0600. The van der Waals surface area contributed by atoms with Crippen molar-refractivity contribution >= 4 is 21.7 Å². The maximum absolute atomic E-state index is 13.5. The maximum Gasteiger partial charge on any atom is 0.337 e. The van der Waals surface area contributed by atoms with E-state index in [1.54, 1.807) is 48.5 Å². The Balaban J connectivity index is 2.07. The van der Waals surface area contributed by atoms with E-state index in [1.165, 1.54) is 71.3 Å². The molecule has 3 aromatic carbocycles. The van der Waals surface area contributed by atoms with Gasteiger partial charge < -0.3 is 18.9 Å². The molecule has 0 aliphatic carbocycles. The number of carbonyl (C=O) groups is 1. The molecule has 0 aliphatic rings. The Bertz CT molecular complexity index is 1650. The number of aryl methyl sites for hydroxylation is 1. The molecule has 3 aromatic rings. The van der Waals surface area contributed by atoms with Gasteiger partial charge in [0.25, 0.3) is 10.0 Å². The normalized spacial score (nSPS) is 11.7. The molecule has 0 aromatic heterocycles. The minimum absolute atomic E-state index is 0.0941. The van der Waals surface area contributed by atoms with E-state index in [-0.39, 0.29) is 4.90 Å². The predicted octanol–water partition coefficient (Wildman–Crippen LogP) is 11.7. The minimum Gasteiger partial charge on any atom is -0.490 e. The van der Waals surface area contributed by atoms with Crippen molar-refractivity contribution in [2.45, 2.75) is 148 Å². The molecule has 0 heterocycles. The second-order valence-corrected chi connectivity index (χ2v) is 16.2. The number of sulfonamides is 1. The van der Waals surface area contributed by atoms with E-state index in [0.717, 1.165) is 56.9 Å². The number of nitrogens with one attached hydrogen (secondary N) is 1. The third-order valence-corrected chi connectivity index (χ3v) is 11.0. The highest BCUT2D eigenvalue weighted by Crippen LogP contribution is 2.40. The summed E-state index contributed by atoms with van der Waals surface area (Å²) in [7, 11) is -2.69. The van der Waals surface area contributed by atoms with Gasteiger partial charge in [0.2, 0.25) is 5.75 Å². The van der Waals surface area contributed by atoms with Crippen LogP contribution in [0.15, 0.2) is 70.7 Å². The third kappa shape index (κ3) is 16.6. The van der Waals surface area contributed by atoms with Crippen LogP contribution >= 0.6 is 0 Å². The topological polar surface area (TPSA) is 113 Å². The lowest BCUT2D eigenvalue weighted by Crippen LogP contribution is -2.21. The number of carbonyl (C=O) groups excluding carboxylic acids is 1. The van der Waals surface area contributed by atoms with Crippen LogP contribution in [0.1, 0.15) is 163 Å². The van der Waals surface area contributed by atoms with Gasteiger partial charge in [0.1, 0.15) is 0 Å². The average Bonchev–Trinajstić information content (AvgIpc) is 3.20. The standard InChI is InChI=1S/C46H68N2O7S/c1-6-9-12-15-18-21-32-53-42-35-40(36-43(54-33-22-19-16-13-10-7-2)45(42)55-34-23-20-17-14-11-8-3)44(38-26-28-39(29-27-38)46(49)52-5)47-48-56(50,51)41-30-24-37(4)25-31-41/h24-31,35-36,48H,6-23,32-34H2,1-5H3. The molecule has 0 radical (unpaired) electrons. The predicted molar refractivity (Wildman–Crippen MR) is 228 cm³/mol. The molecule has 10 heteroatoms. The average molecular weight is 793 g/mol. The van der Waals surface area contributed by atoms with Crippen molar-refractivity contribution in [1.82, 2.24) is 4.83 Å². The first kappa shape index (κ1) is 46.3. The number of rotatable bonds is 30. The van der Waals surface area contributed by atoms with Gasteiger partial charge in [-0.1, -0.05) is 147 Å². The van der Waals surface area contributed by atoms with Crippen molar-refractivity contribution in [2.24, 2.45) is 5.10 Å². The van der Waals surface area contributed by atoms with Gasteiger partial charge in [0.05, 0.1) is 43.1 Å². The van der Waals surface area contributed by atoms with Gasteiger partial charge in [-0.3, -0.25) is 0 Å². The first-order chi connectivity index (χ1) is 27.2. The van der Waals surface area contributed by atoms with E-state index < -0.39 is 16.0 Å². The summed E-state index contributed by atoms with van der Waals surface area (Å²) in [6, 6.07) is 17.0. The molecule has 0 spiro atoms. The Morgan fingerprint density at radius 3 is 1.46 bits per heavy atom. The number of unbranched alkanes of at least 4 members (excludes halogenated alkanes) is 15. The lowest BCUT2D eigenvalue weighted by atomic mass is 10.00. The number of hydrogen-bond acceptors (Lipinski definition) is 8. The molecule has 0 fully saturated rings. The summed E-state index contributed by atoms with van der Waals surface area (Å²) in [5.41, 5.74) is 2.78. The van der Waals surface area contributed by atoms with Crippen molar-refractivity contribution in [3.8, 4) is 17.2 Å². The van der Waals surface area contributed by atoms with Gasteiger partial charge >= 0.3 is 5.97 Å². The summed E-state index contributed by atoms with van der Waals surface area (Å²) < 4.78 is 51.5. The van der Waals surface area contributed by atoms with Gasteiger partial charge in [-0.05, 0) is 62.6 Å². The van der Waals surface area contributed by atoms with Crippen LogP contribution in [-0.4, -0.2) is 47.0 Å². The molecule has 0 amide bonds. The number of hydrazone groups is 1. The summed E-state index contributed by atoms with van der Waals surface area (Å²) in [5.74, 6) is 1.14. The number of methoxy groups -OCH3 is 1. The van der Waals surface area contributed by atoms with Crippen molar-refractivity contribution in [1.29, 1.82) is 0 Å². The number of esters is 1. The van der Waals surface area contributed by atoms with Crippen molar-refractivity contribution in [3.63, 3.8) is 0 Å². The molecule has 0 saturated heterocycles. The summed E-state index contributed by atoms with van der Waals surface area (Å²) in [4.78, 5) is 14.9. The zero-order chi connectivity index (χ0) is 40.4. The fourth-order valence-electron chi connectivity index (χ4n) is 6.31. The first-order valence-electron chi connectivity index (χ1n) is 21.2. The quantitative estimate of drug-likeness (QED) is 0.0309. The van der Waals surface area contributed by atoms with E-state index in [2.05, 4.69) is 30.7 Å². The fraction of sp³-hybridized carbons (Fsp3) is 0.565. The Morgan fingerprint density at radius 1 is 0.571 bits per heavy atom. The van der Waals surface area contributed by atoms with Gasteiger partial charge in [0, 0.05) is 11.1 Å². The molecule has 3 rings (SSSR count). The molecule has 1 N–H and O–H groups in total. The molecule has 0 bridgehead atoms. The Morgan fingerprint density at radius 2 is 1.00 bits per heavy atom. The van der Waals surface area contributed by atoms with E-state index in [9.17, 15) is 13.2 Å². The smallest absolute Gasteiger partial charge is 0.337 e. The summed E-state index contributed by atoms with van der Waals surface area (Å²) in [6.45, 7) is 10.1. The lowest BCUT2D eigenvalue weighted by Gasteiger charge is -2.20. The Labute approximate surface area is 338 Å². The Kier molecular flexibility index (Phi) is 22.1. The first-order valence-corrected chi connectivity index (χ1v) is 22.6. The Hall–Kier alpha value is -4.05. The fourth-order valence-corrected chi connectivity index (χ4v) is 7.12. The largest absolute Gasteiger partial charge is 0.490 e. The molecule has 9 nitrogen and oxygen atoms in total. The molecule has 0 atom stereocenters. The van der Waals surface area contributed by atoms with E-state index in [0.29, 0.717) is 59.5 Å². The number of hydrogen-bond donors (Lipinski definition) is 1. The minimum atomic E-state index is -4.02. The van der Waals surface area contributed by atoms with Gasteiger partial charge in [0.15, 0.2) is 11.5 Å². The highest BCUT2D eigenvalue weighted by molar-refractivity contribution is 7.89. The maximum atomic E-state index is 13.5. The molecule has 0 saturated carbocycles. The van der Waals surface area contributed by atoms with E-state index in [4.69, 9.17) is 18.9 Å². The van der Waals surface area contributed by atoms with Gasteiger partial charge in [-0.25, -0.2) is 4.79 Å². The monoisotopic (exact) mass is 792 g/mol. The highest BCUT2D eigenvalue weighted by atomic mass is 32.2. The van der Waals surface area contributed by atoms with Crippen LogP contribution in [0, 0.1) is 6.92 Å². The summed E-state index contributed by atoms with van der Waals surface area (Å²) >= 11 is 0. The molecular weight excluding hydrogens is 725 g/mol. The highest BCUT2D eigenvalue weighted by Gasteiger charge is 2.21. The number of benzene rings is 3.